The number of hydrogen-bond donors (Lipinski definition) is 2. The van der Waals surface area contributed by atoms with Crippen molar-refractivity contribution in [3.05, 3.63) is 17.0 Å². The Labute approximate surface area is 114 Å². The summed E-state index contributed by atoms with van der Waals surface area (Å²) in [5.74, 6) is -1.71. The van der Waals surface area contributed by atoms with Crippen LogP contribution in [0.4, 0.5) is 0 Å². The van der Waals surface area contributed by atoms with Gasteiger partial charge in [0.1, 0.15) is 10.8 Å². The molecule has 1 heterocycles. The quantitative estimate of drug-likeness (QED) is 0.697. The van der Waals surface area contributed by atoms with Gasteiger partial charge >= 0.3 is 11.9 Å². The maximum Gasteiger partial charge on any atom is 0.321 e. The van der Waals surface area contributed by atoms with Gasteiger partial charge in [0, 0.05) is 4.88 Å². The number of aliphatic carboxylic acids is 1. The molecule has 0 amide bonds. The minimum Gasteiger partial charge on any atom is -0.481 e. The van der Waals surface area contributed by atoms with E-state index in [0.717, 1.165) is 11.3 Å². The van der Waals surface area contributed by atoms with Crippen molar-refractivity contribution in [3.63, 3.8) is 0 Å². The lowest BCUT2D eigenvalue weighted by Crippen LogP contribution is -2.30. The molecule has 0 fully saturated rings. The van der Waals surface area contributed by atoms with Gasteiger partial charge in [-0.05, 0) is 19.1 Å². The van der Waals surface area contributed by atoms with Gasteiger partial charge in [-0.25, -0.2) is 8.42 Å². The van der Waals surface area contributed by atoms with Gasteiger partial charge in [0.15, 0.2) is 0 Å². The highest BCUT2D eigenvalue weighted by molar-refractivity contribution is 7.91. The molecule has 1 aromatic heterocycles. The number of carbonyl (C=O) groups excluding carboxylic acids is 1. The van der Waals surface area contributed by atoms with Crippen molar-refractivity contribution in [2.45, 2.75) is 17.6 Å². The first-order valence-corrected chi connectivity index (χ1v) is 7.61. The van der Waals surface area contributed by atoms with E-state index in [1.807, 2.05) is 0 Å². The number of ether oxygens (including phenoxy) is 1. The molecule has 2 N–H and O–H groups in total. The van der Waals surface area contributed by atoms with E-state index in [1.165, 1.54) is 12.1 Å². The number of sulfonamides is 1. The van der Waals surface area contributed by atoms with E-state index < -0.39 is 28.5 Å². The summed E-state index contributed by atoms with van der Waals surface area (Å²) < 4.78 is 30.2. The average molecular weight is 307 g/mol. The van der Waals surface area contributed by atoms with Crippen LogP contribution < -0.4 is 4.72 Å². The van der Waals surface area contributed by atoms with Gasteiger partial charge in [-0.3, -0.25) is 9.59 Å². The van der Waals surface area contributed by atoms with Gasteiger partial charge in [0.2, 0.25) is 0 Å². The number of carbonyl (C=O) groups is 2. The van der Waals surface area contributed by atoms with Gasteiger partial charge < -0.3 is 9.84 Å². The second kappa shape index (κ2) is 6.64. The van der Waals surface area contributed by atoms with Crippen molar-refractivity contribution < 1.29 is 27.9 Å². The monoisotopic (exact) mass is 307 g/mol. The molecular formula is C10H13NO6S2. The highest BCUT2D eigenvalue weighted by atomic mass is 32.2. The second-order valence-corrected chi connectivity index (χ2v) is 6.58. The number of thiophene rings is 1. The zero-order valence-corrected chi connectivity index (χ0v) is 11.7. The smallest absolute Gasteiger partial charge is 0.321 e. The van der Waals surface area contributed by atoms with Crippen molar-refractivity contribution in [2.75, 3.05) is 13.2 Å². The van der Waals surface area contributed by atoms with Crippen molar-refractivity contribution in [2.24, 2.45) is 0 Å². The maximum absolute atomic E-state index is 11.8. The van der Waals surface area contributed by atoms with E-state index in [9.17, 15) is 18.0 Å². The molecular weight excluding hydrogens is 294 g/mol. The van der Waals surface area contributed by atoms with Crippen LogP contribution in [0.2, 0.25) is 0 Å². The van der Waals surface area contributed by atoms with E-state index in [1.54, 1.807) is 6.92 Å². The normalized spacial score (nSPS) is 11.2. The predicted octanol–water partition coefficient (Wildman–Crippen LogP) is 0.217. The van der Waals surface area contributed by atoms with Crippen LogP contribution in [0.3, 0.4) is 0 Å². The molecule has 0 aliphatic rings. The Morgan fingerprint density at radius 1 is 1.42 bits per heavy atom. The second-order valence-electron chi connectivity index (χ2n) is 3.42. The van der Waals surface area contributed by atoms with Gasteiger partial charge in [-0.1, -0.05) is 0 Å². The van der Waals surface area contributed by atoms with Crippen molar-refractivity contribution >= 4 is 33.3 Å². The van der Waals surface area contributed by atoms with E-state index in [-0.39, 0.29) is 17.2 Å². The molecule has 7 nitrogen and oxygen atoms in total. The van der Waals surface area contributed by atoms with E-state index in [4.69, 9.17) is 5.11 Å². The first-order valence-electron chi connectivity index (χ1n) is 5.31. The molecule has 106 valence electrons. The van der Waals surface area contributed by atoms with Gasteiger partial charge in [-0.2, -0.15) is 4.72 Å². The van der Waals surface area contributed by atoms with Crippen molar-refractivity contribution in [3.8, 4) is 0 Å². The van der Waals surface area contributed by atoms with Gasteiger partial charge in [0.25, 0.3) is 10.0 Å². The Morgan fingerprint density at radius 3 is 2.68 bits per heavy atom. The molecule has 9 heteroatoms. The van der Waals surface area contributed by atoms with Crippen LogP contribution in [0, 0.1) is 0 Å². The van der Waals surface area contributed by atoms with E-state index in [0.29, 0.717) is 4.88 Å². The lowest BCUT2D eigenvalue weighted by Gasteiger charge is -2.04. The van der Waals surface area contributed by atoms with E-state index >= 15 is 0 Å². The number of nitrogens with one attached hydrogen (secondary N) is 1. The van der Waals surface area contributed by atoms with Crippen LogP contribution in [0.1, 0.15) is 11.8 Å². The fraction of sp³-hybridized carbons (Fsp3) is 0.400. The molecule has 0 aliphatic heterocycles. The molecule has 1 aromatic rings. The maximum atomic E-state index is 11.8. The predicted molar refractivity (Wildman–Crippen MR) is 67.5 cm³/mol. The summed E-state index contributed by atoms with van der Waals surface area (Å²) in [7, 11) is -3.81. The Kier molecular flexibility index (Phi) is 5.45. The summed E-state index contributed by atoms with van der Waals surface area (Å²) in [6.45, 7) is 1.33. The fourth-order valence-electron chi connectivity index (χ4n) is 1.18. The first kappa shape index (κ1) is 15.6. The van der Waals surface area contributed by atoms with Gasteiger partial charge in [0.05, 0.1) is 13.0 Å². The minimum atomic E-state index is -3.81. The molecule has 0 bridgehead atoms. The summed E-state index contributed by atoms with van der Waals surface area (Å²) >= 11 is 0.850. The fourth-order valence-corrected chi connectivity index (χ4v) is 3.54. The third-order valence-corrected chi connectivity index (χ3v) is 4.92. The zero-order valence-electron chi connectivity index (χ0n) is 10.1. The number of carboxylic acids is 1. The van der Waals surface area contributed by atoms with Crippen LogP contribution >= 0.6 is 11.3 Å². The molecule has 19 heavy (non-hydrogen) atoms. The number of hydrogen-bond acceptors (Lipinski definition) is 6. The molecule has 0 saturated carbocycles. The van der Waals surface area contributed by atoms with Crippen LogP contribution in [0.5, 0.6) is 0 Å². The molecule has 0 aliphatic carbocycles. The van der Waals surface area contributed by atoms with Crippen LogP contribution in [-0.4, -0.2) is 38.6 Å². The zero-order chi connectivity index (χ0) is 14.5. The lowest BCUT2D eigenvalue weighted by molar-refractivity contribution is -0.141. The van der Waals surface area contributed by atoms with Crippen LogP contribution in [-0.2, 0) is 30.8 Å². The molecule has 0 spiro atoms. The number of esters is 1. The third-order valence-electron chi connectivity index (χ3n) is 1.94. The standard InChI is InChI=1S/C10H13NO6S2/c1-2-17-9(14)6-11-19(15,16)10-4-3-7(18-10)5-8(12)13/h3-4,11H,2,5-6H2,1H3,(H,12,13). The lowest BCUT2D eigenvalue weighted by atomic mass is 10.3. The summed E-state index contributed by atoms with van der Waals surface area (Å²) in [6, 6.07) is 2.73. The summed E-state index contributed by atoms with van der Waals surface area (Å²) in [5.41, 5.74) is 0. The SMILES string of the molecule is CCOC(=O)CNS(=O)(=O)c1ccc(CC(=O)O)s1. The van der Waals surface area contributed by atoms with E-state index in [2.05, 4.69) is 9.46 Å². The van der Waals surface area contributed by atoms with Crippen LogP contribution in [0.25, 0.3) is 0 Å². The molecule has 1 rings (SSSR count). The number of rotatable bonds is 7. The summed E-state index contributed by atoms with van der Waals surface area (Å²) in [5, 5.41) is 8.59. The molecule has 0 aromatic carbocycles. The Balaban J connectivity index is 2.69. The first-order chi connectivity index (χ1) is 8.85. The number of carboxylic acid groups (broad SMARTS) is 1. The van der Waals surface area contributed by atoms with Crippen LogP contribution in [0.15, 0.2) is 16.3 Å². The highest BCUT2D eigenvalue weighted by Gasteiger charge is 2.18. The highest BCUT2D eigenvalue weighted by Crippen LogP contribution is 2.21. The average Bonchev–Trinajstić information content (AvgIpc) is 2.75. The Hall–Kier alpha value is -1.45. The largest absolute Gasteiger partial charge is 0.481 e. The minimum absolute atomic E-state index is 0.0342. The van der Waals surface area contributed by atoms with Crippen molar-refractivity contribution in [1.82, 2.24) is 4.72 Å². The Morgan fingerprint density at radius 2 is 2.11 bits per heavy atom. The summed E-state index contributed by atoms with van der Waals surface area (Å²) in [4.78, 5) is 22.0. The molecule has 0 unspecified atom stereocenters. The molecule has 0 saturated heterocycles. The third kappa shape index (κ3) is 4.97. The van der Waals surface area contributed by atoms with Crippen molar-refractivity contribution in [1.29, 1.82) is 0 Å². The van der Waals surface area contributed by atoms with Gasteiger partial charge in [-0.15, -0.1) is 11.3 Å². The molecule has 0 atom stereocenters. The molecule has 0 radical (unpaired) electrons. The summed E-state index contributed by atoms with van der Waals surface area (Å²) in [6.07, 6.45) is -0.238. The Bertz CT molecular complexity index is 562. The topological polar surface area (TPSA) is 110 Å².